The first kappa shape index (κ1) is 12.6. The Labute approximate surface area is 88.4 Å². The van der Waals surface area contributed by atoms with Gasteiger partial charge in [-0.15, -0.1) is 0 Å². The number of likely N-dealkylation sites (tertiary alicyclic amines) is 1. The van der Waals surface area contributed by atoms with Crippen molar-refractivity contribution in [1.82, 2.24) is 4.90 Å². The zero-order chi connectivity index (χ0) is 11.5. The number of carbonyl (C=O) groups excluding carboxylic acids is 1. The summed E-state index contributed by atoms with van der Waals surface area (Å²) < 4.78 is 15.7. The van der Waals surface area contributed by atoms with E-state index >= 15 is 0 Å². The quantitative estimate of drug-likeness (QED) is 0.534. The molecule has 0 aromatic carbocycles. The molecule has 1 fully saturated rings. The van der Waals surface area contributed by atoms with Gasteiger partial charge in [-0.2, -0.15) is 0 Å². The van der Waals surface area contributed by atoms with Gasteiger partial charge in [0.2, 0.25) is 0 Å². The zero-order valence-electron chi connectivity index (χ0n) is 8.63. The second-order valence-corrected chi connectivity index (χ2v) is 5.14. The lowest BCUT2D eigenvalue weighted by Crippen LogP contribution is -2.37. The van der Waals surface area contributed by atoms with E-state index in [4.69, 9.17) is 14.5 Å². The van der Waals surface area contributed by atoms with E-state index in [9.17, 15) is 9.36 Å². The average Bonchev–Trinajstić information content (AvgIpc) is 2.49. The molecule has 0 aromatic rings. The maximum Gasteiger partial charge on any atom is 0.339 e. The van der Waals surface area contributed by atoms with Crippen molar-refractivity contribution in [3.63, 3.8) is 0 Å². The number of esters is 1. The SMILES string of the molecule is CCOC(=O)C1CCCN1CP(=O)(O)O. The summed E-state index contributed by atoms with van der Waals surface area (Å²) in [4.78, 5) is 30.6. The van der Waals surface area contributed by atoms with Crippen molar-refractivity contribution < 1.29 is 23.9 Å². The molecule has 1 heterocycles. The van der Waals surface area contributed by atoms with E-state index < -0.39 is 13.6 Å². The van der Waals surface area contributed by atoms with E-state index in [0.29, 0.717) is 19.6 Å². The fourth-order valence-corrected chi connectivity index (χ4v) is 2.55. The highest BCUT2D eigenvalue weighted by atomic mass is 31.2. The smallest absolute Gasteiger partial charge is 0.339 e. The van der Waals surface area contributed by atoms with E-state index in [-0.39, 0.29) is 12.3 Å². The molecule has 2 N–H and O–H groups in total. The summed E-state index contributed by atoms with van der Waals surface area (Å²) in [7, 11) is -4.09. The summed E-state index contributed by atoms with van der Waals surface area (Å²) in [6.45, 7) is 2.54. The van der Waals surface area contributed by atoms with Crippen molar-refractivity contribution >= 4 is 13.6 Å². The summed E-state index contributed by atoms with van der Waals surface area (Å²) in [5, 5.41) is 0. The molecule has 1 unspecified atom stereocenters. The van der Waals surface area contributed by atoms with E-state index in [1.165, 1.54) is 4.90 Å². The van der Waals surface area contributed by atoms with Gasteiger partial charge in [0.1, 0.15) is 12.3 Å². The minimum atomic E-state index is -4.09. The molecular formula is C8H16NO5P. The Morgan fingerprint density at radius 1 is 1.60 bits per heavy atom. The van der Waals surface area contributed by atoms with Crippen molar-refractivity contribution in [3.05, 3.63) is 0 Å². The Bertz CT molecular complexity index is 276. The molecule has 1 atom stereocenters. The van der Waals surface area contributed by atoms with Crippen LogP contribution in [-0.2, 0) is 14.1 Å². The molecule has 1 aliphatic rings. The molecule has 0 aliphatic carbocycles. The van der Waals surface area contributed by atoms with Crippen LogP contribution < -0.4 is 0 Å². The van der Waals surface area contributed by atoms with Crippen LogP contribution >= 0.6 is 7.60 Å². The van der Waals surface area contributed by atoms with Gasteiger partial charge in [0, 0.05) is 0 Å². The summed E-state index contributed by atoms with van der Waals surface area (Å²) in [6.07, 6.45) is 1.01. The first-order valence-electron chi connectivity index (χ1n) is 4.89. The van der Waals surface area contributed by atoms with Gasteiger partial charge in [-0.05, 0) is 26.3 Å². The maximum absolute atomic E-state index is 11.4. The second kappa shape index (κ2) is 5.07. The van der Waals surface area contributed by atoms with Gasteiger partial charge in [0.15, 0.2) is 0 Å². The number of rotatable bonds is 4. The highest BCUT2D eigenvalue weighted by Crippen LogP contribution is 2.37. The normalized spacial score (nSPS) is 23.0. The minimum Gasteiger partial charge on any atom is -0.465 e. The Balaban J connectivity index is 2.57. The summed E-state index contributed by atoms with van der Waals surface area (Å²) in [6, 6.07) is -0.488. The molecule has 0 amide bonds. The minimum absolute atomic E-state index is 0.291. The van der Waals surface area contributed by atoms with Crippen molar-refractivity contribution in [1.29, 1.82) is 0 Å². The molecule has 7 heteroatoms. The van der Waals surface area contributed by atoms with Crippen molar-refractivity contribution in [3.8, 4) is 0 Å². The Kier molecular flexibility index (Phi) is 4.28. The lowest BCUT2D eigenvalue weighted by Gasteiger charge is -2.22. The Morgan fingerprint density at radius 3 is 2.80 bits per heavy atom. The van der Waals surface area contributed by atoms with E-state index in [2.05, 4.69) is 0 Å². The molecule has 0 aromatic heterocycles. The predicted molar refractivity (Wildman–Crippen MR) is 53.3 cm³/mol. The highest BCUT2D eigenvalue weighted by Gasteiger charge is 2.35. The third-order valence-electron chi connectivity index (χ3n) is 2.29. The zero-order valence-corrected chi connectivity index (χ0v) is 9.52. The molecule has 1 aliphatic heterocycles. The Morgan fingerprint density at radius 2 is 2.27 bits per heavy atom. The standard InChI is InChI=1S/C8H16NO5P/c1-2-14-8(10)7-4-3-5-9(7)6-15(11,12)13/h7H,2-6H2,1H3,(H2,11,12,13). The summed E-state index contributed by atoms with van der Waals surface area (Å²) >= 11 is 0. The van der Waals surface area contributed by atoms with Crippen LogP contribution in [0.25, 0.3) is 0 Å². The molecular weight excluding hydrogens is 221 g/mol. The van der Waals surface area contributed by atoms with Crippen LogP contribution in [0, 0.1) is 0 Å². The molecule has 0 bridgehead atoms. The van der Waals surface area contributed by atoms with Crippen LogP contribution in [0.1, 0.15) is 19.8 Å². The predicted octanol–water partition coefficient (Wildman–Crippen LogP) is 0.149. The monoisotopic (exact) mass is 237 g/mol. The molecule has 6 nitrogen and oxygen atoms in total. The molecule has 0 radical (unpaired) electrons. The van der Waals surface area contributed by atoms with Crippen LogP contribution in [-0.4, -0.2) is 46.1 Å². The van der Waals surface area contributed by atoms with Crippen molar-refractivity contribution in [2.24, 2.45) is 0 Å². The fraction of sp³-hybridized carbons (Fsp3) is 0.875. The Hall–Kier alpha value is -0.420. The number of hydrogen-bond acceptors (Lipinski definition) is 4. The van der Waals surface area contributed by atoms with Crippen LogP contribution in [0.2, 0.25) is 0 Å². The molecule has 0 spiro atoms. The third-order valence-corrected chi connectivity index (χ3v) is 3.02. The molecule has 0 saturated carbocycles. The van der Waals surface area contributed by atoms with Crippen molar-refractivity contribution in [2.45, 2.75) is 25.8 Å². The van der Waals surface area contributed by atoms with Gasteiger partial charge in [0.05, 0.1) is 6.61 Å². The number of hydrogen-bond donors (Lipinski definition) is 2. The van der Waals surface area contributed by atoms with Gasteiger partial charge in [0.25, 0.3) is 0 Å². The van der Waals surface area contributed by atoms with E-state index in [1.54, 1.807) is 6.92 Å². The fourth-order valence-electron chi connectivity index (χ4n) is 1.74. The van der Waals surface area contributed by atoms with Crippen molar-refractivity contribution in [2.75, 3.05) is 19.4 Å². The van der Waals surface area contributed by atoms with E-state index in [1.807, 2.05) is 0 Å². The largest absolute Gasteiger partial charge is 0.465 e. The van der Waals surface area contributed by atoms with Crippen LogP contribution in [0.5, 0.6) is 0 Å². The first-order chi connectivity index (χ1) is 6.94. The van der Waals surface area contributed by atoms with Crippen LogP contribution in [0.15, 0.2) is 0 Å². The topological polar surface area (TPSA) is 87.1 Å². The summed E-state index contributed by atoms with van der Waals surface area (Å²) in [5.41, 5.74) is 0. The van der Waals surface area contributed by atoms with Gasteiger partial charge >= 0.3 is 13.6 Å². The van der Waals surface area contributed by atoms with Crippen LogP contribution in [0.4, 0.5) is 0 Å². The lowest BCUT2D eigenvalue weighted by molar-refractivity contribution is -0.148. The maximum atomic E-state index is 11.4. The molecule has 88 valence electrons. The number of carbonyl (C=O) groups is 1. The first-order valence-corrected chi connectivity index (χ1v) is 6.69. The van der Waals surface area contributed by atoms with Gasteiger partial charge < -0.3 is 14.5 Å². The summed E-state index contributed by atoms with van der Waals surface area (Å²) in [5.74, 6) is -0.386. The molecule has 15 heavy (non-hydrogen) atoms. The third kappa shape index (κ3) is 3.91. The van der Waals surface area contributed by atoms with E-state index in [0.717, 1.165) is 6.42 Å². The second-order valence-electron chi connectivity index (χ2n) is 3.53. The molecule has 1 rings (SSSR count). The van der Waals surface area contributed by atoms with Gasteiger partial charge in [-0.1, -0.05) is 0 Å². The van der Waals surface area contributed by atoms with Gasteiger partial charge in [-0.25, -0.2) is 0 Å². The number of nitrogens with zero attached hydrogens (tertiary/aromatic N) is 1. The van der Waals surface area contributed by atoms with Gasteiger partial charge in [-0.3, -0.25) is 14.3 Å². The number of ether oxygens (including phenoxy) is 1. The highest BCUT2D eigenvalue weighted by molar-refractivity contribution is 7.51. The van der Waals surface area contributed by atoms with Crippen LogP contribution in [0.3, 0.4) is 0 Å². The molecule has 1 saturated heterocycles. The average molecular weight is 237 g/mol. The lowest BCUT2D eigenvalue weighted by atomic mass is 10.2.